The minimum absolute atomic E-state index is 0.153. The third kappa shape index (κ3) is 19.9. The SMILES string of the molecule is CCCCCCCCCCSC(CCCCCCCCC)C(C)OCCCOCC(O)(P=O)C(=O)O. The predicted octanol–water partition coefficient (Wildman–Crippen LogP) is 8.25. The van der Waals surface area contributed by atoms with Crippen LogP contribution in [0.1, 0.15) is 130 Å². The van der Waals surface area contributed by atoms with Crippen molar-refractivity contribution in [2.45, 2.75) is 147 Å². The van der Waals surface area contributed by atoms with E-state index in [4.69, 9.17) is 14.6 Å². The van der Waals surface area contributed by atoms with Gasteiger partial charge in [-0.3, -0.25) is 4.57 Å². The Balaban J connectivity index is 4.24. The van der Waals surface area contributed by atoms with Crippen LogP contribution in [0.25, 0.3) is 0 Å². The lowest BCUT2D eigenvalue weighted by atomic mass is 10.1. The molecule has 0 fully saturated rings. The molecule has 8 heteroatoms. The normalized spacial score (nSPS) is 15.1. The Hall–Kier alpha value is -0.200. The first kappa shape index (κ1) is 35.8. The van der Waals surface area contributed by atoms with Crippen molar-refractivity contribution in [3.05, 3.63) is 0 Å². The zero-order chi connectivity index (χ0) is 26.9. The molecule has 0 aromatic heterocycles. The highest BCUT2D eigenvalue weighted by Gasteiger charge is 2.37. The van der Waals surface area contributed by atoms with Crippen LogP contribution in [0.5, 0.6) is 0 Å². The van der Waals surface area contributed by atoms with Crippen molar-refractivity contribution in [1.82, 2.24) is 0 Å². The summed E-state index contributed by atoms with van der Waals surface area (Å²) < 4.78 is 22.2. The number of hydrogen-bond acceptors (Lipinski definition) is 6. The van der Waals surface area contributed by atoms with E-state index in [0.29, 0.717) is 18.3 Å². The molecule has 0 aromatic carbocycles. The summed E-state index contributed by atoms with van der Waals surface area (Å²) in [6.45, 7) is 6.95. The summed E-state index contributed by atoms with van der Waals surface area (Å²) in [6.07, 6.45) is 21.9. The number of carboxylic acid groups (broad SMARTS) is 1. The fourth-order valence-electron chi connectivity index (χ4n) is 4.11. The Morgan fingerprint density at radius 2 is 1.36 bits per heavy atom. The lowest BCUT2D eigenvalue weighted by molar-refractivity contribution is -0.154. The van der Waals surface area contributed by atoms with Gasteiger partial charge < -0.3 is 19.7 Å². The largest absolute Gasteiger partial charge is 0.478 e. The van der Waals surface area contributed by atoms with Crippen molar-refractivity contribution in [3.63, 3.8) is 0 Å². The van der Waals surface area contributed by atoms with Gasteiger partial charge in [-0.15, -0.1) is 0 Å². The minimum Gasteiger partial charge on any atom is -0.478 e. The highest BCUT2D eigenvalue weighted by atomic mass is 32.2. The maximum absolute atomic E-state index is 10.9. The maximum Gasteiger partial charge on any atom is 0.350 e. The first-order valence-corrected chi connectivity index (χ1v) is 16.4. The number of aliphatic carboxylic acids is 1. The number of thioether (sulfide) groups is 1. The van der Waals surface area contributed by atoms with E-state index in [1.165, 1.54) is 108 Å². The second-order valence-corrected chi connectivity index (χ2v) is 12.3. The average Bonchev–Trinajstić information content (AvgIpc) is 2.87. The van der Waals surface area contributed by atoms with Gasteiger partial charge in [0.2, 0.25) is 8.46 Å². The van der Waals surface area contributed by atoms with Crippen LogP contribution in [0.3, 0.4) is 0 Å². The molecule has 0 bridgehead atoms. The summed E-state index contributed by atoms with van der Waals surface area (Å²) in [5, 5.41) is 16.7. The van der Waals surface area contributed by atoms with E-state index >= 15 is 0 Å². The average molecular weight is 551 g/mol. The van der Waals surface area contributed by atoms with E-state index in [1.807, 2.05) is 0 Å². The van der Waals surface area contributed by atoms with Crippen LogP contribution >= 0.6 is 20.2 Å². The van der Waals surface area contributed by atoms with Crippen LogP contribution in [0.15, 0.2) is 0 Å². The summed E-state index contributed by atoms with van der Waals surface area (Å²) in [4.78, 5) is 10.9. The molecule has 0 aliphatic heterocycles. The van der Waals surface area contributed by atoms with Crippen molar-refractivity contribution < 1.29 is 29.0 Å². The Bertz CT molecular complexity index is 524. The van der Waals surface area contributed by atoms with Crippen LogP contribution in [-0.2, 0) is 18.8 Å². The van der Waals surface area contributed by atoms with Gasteiger partial charge in [-0.05, 0) is 31.9 Å². The molecule has 3 unspecified atom stereocenters. The maximum atomic E-state index is 10.9. The van der Waals surface area contributed by atoms with Crippen LogP contribution in [0, 0.1) is 0 Å². The van der Waals surface area contributed by atoms with Crippen molar-refractivity contribution in [2.75, 3.05) is 25.6 Å². The molecule has 2 N–H and O–H groups in total. The van der Waals surface area contributed by atoms with Crippen molar-refractivity contribution in [1.29, 1.82) is 0 Å². The third-order valence-electron chi connectivity index (χ3n) is 6.56. The highest BCUT2D eigenvalue weighted by Crippen LogP contribution is 2.26. The van der Waals surface area contributed by atoms with Crippen LogP contribution in [0.4, 0.5) is 0 Å². The van der Waals surface area contributed by atoms with Crippen LogP contribution in [0.2, 0.25) is 0 Å². The Kier molecular flexibility index (Phi) is 25.0. The predicted molar refractivity (Wildman–Crippen MR) is 153 cm³/mol. The summed E-state index contributed by atoms with van der Waals surface area (Å²) in [5.41, 5.74) is 0. The number of carbonyl (C=O) groups is 1. The number of ether oxygens (including phenoxy) is 2. The van der Waals surface area contributed by atoms with E-state index in [1.54, 1.807) is 0 Å². The van der Waals surface area contributed by atoms with Crippen LogP contribution in [-0.4, -0.2) is 58.5 Å². The zero-order valence-electron chi connectivity index (χ0n) is 23.4. The highest BCUT2D eigenvalue weighted by molar-refractivity contribution is 7.99. The molecule has 0 spiro atoms. The molecule has 0 radical (unpaired) electrons. The Labute approximate surface area is 227 Å². The third-order valence-corrected chi connectivity index (χ3v) is 8.75. The molecule has 0 aromatic rings. The molecule has 0 amide bonds. The minimum atomic E-state index is -2.37. The molecule has 0 rings (SSSR count). The van der Waals surface area contributed by atoms with E-state index in [-0.39, 0.29) is 12.7 Å². The molecule has 0 aliphatic carbocycles. The van der Waals surface area contributed by atoms with Crippen LogP contribution < -0.4 is 0 Å². The Morgan fingerprint density at radius 3 is 1.89 bits per heavy atom. The lowest BCUT2D eigenvalue weighted by Crippen LogP contribution is -2.37. The van der Waals surface area contributed by atoms with Gasteiger partial charge in [0.1, 0.15) is 0 Å². The van der Waals surface area contributed by atoms with Gasteiger partial charge >= 0.3 is 5.97 Å². The molecule has 0 saturated carbocycles. The van der Waals surface area contributed by atoms with Gasteiger partial charge in [0, 0.05) is 18.5 Å². The molecular weight excluding hydrogens is 495 g/mol. The molecule has 0 heterocycles. The van der Waals surface area contributed by atoms with Gasteiger partial charge in [0.05, 0.1) is 12.7 Å². The molecule has 36 heavy (non-hydrogen) atoms. The summed E-state index contributed by atoms with van der Waals surface area (Å²) in [5.74, 6) is -0.361. The number of aliphatic hydroxyl groups is 1. The smallest absolute Gasteiger partial charge is 0.350 e. The number of carboxylic acids is 1. The standard InChI is InChI=1S/C28H55O6PS/c1-4-6-8-10-12-14-16-18-23-36-26(20-17-15-13-11-9-7-5-2)25(3)34-22-19-21-33-24-28(31,35-32)27(29)30/h25-26,31H,4-24H2,1-3H3,(H,29,30). The molecule has 3 atom stereocenters. The fraction of sp³-hybridized carbons (Fsp3) is 0.964. The van der Waals surface area contributed by atoms with Crippen molar-refractivity contribution in [2.24, 2.45) is 0 Å². The van der Waals surface area contributed by atoms with E-state index in [0.717, 1.165) is 0 Å². The molecular formula is C28H55O6PS. The van der Waals surface area contributed by atoms with E-state index < -0.39 is 26.4 Å². The zero-order valence-corrected chi connectivity index (χ0v) is 25.1. The van der Waals surface area contributed by atoms with Gasteiger partial charge in [-0.25, -0.2) is 4.79 Å². The molecule has 6 nitrogen and oxygen atoms in total. The topological polar surface area (TPSA) is 93.1 Å². The van der Waals surface area contributed by atoms with Gasteiger partial charge in [-0.2, -0.15) is 11.8 Å². The van der Waals surface area contributed by atoms with Crippen molar-refractivity contribution in [3.8, 4) is 0 Å². The fourth-order valence-corrected chi connectivity index (χ4v) is 5.68. The summed E-state index contributed by atoms with van der Waals surface area (Å²) in [6, 6.07) is 0. The van der Waals surface area contributed by atoms with Gasteiger partial charge in [-0.1, -0.05) is 104 Å². The van der Waals surface area contributed by atoms with Gasteiger partial charge in [0.15, 0.2) is 0 Å². The number of unbranched alkanes of at least 4 members (excludes halogenated alkanes) is 13. The second kappa shape index (κ2) is 25.1. The quantitative estimate of drug-likeness (QED) is 0.0748. The molecule has 0 aliphatic rings. The summed E-state index contributed by atoms with van der Waals surface area (Å²) in [7, 11) is -0.869. The first-order valence-electron chi connectivity index (χ1n) is 14.5. The second-order valence-electron chi connectivity index (χ2n) is 9.99. The molecule has 214 valence electrons. The monoisotopic (exact) mass is 550 g/mol. The lowest BCUT2D eigenvalue weighted by Gasteiger charge is -2.24. The molecule has 0 saturated heterocycles. The number of hydrogen-bond donors (Lipinski definition) is 2. The van der Waals surface area contributed by atoms with Gasteiger partial charge in [0.25, 0.3) is 5.34 Å². The summed E-state index contributed by atoms with van der Waals surface area (Å²) >= 11 is 2.06. The van der Waals surface area contributed by atoms with E-state index in [2.05, 4.69) is 32.5 Å². The van der Waals surface area contributed by atoms with Crippen molar-refractivity contribution >= 4 is 26.2 Å². The first-order chi connectivity index (χ1) is 17.4. The van der Waals surface area contributed by atoms with E-state index in [9.17, 15) is 14.5 Å². The number of rotatable bonds is 28. The Morgan fingerprint density at radius 1 is 0.833 bits per heavy atom.